The molecule has 1 unspecified atom stereocenters. The molecule has 13 heavy (non-hydrogen) atoms. The SMILES string of the molecule is NCC1(C(=O)O)CC12CCOCC2. The maximum absolute atomic E-state index is 11.1. The van der Waals surface area contributed by atoms with Gasteiger partial charge in [0.15, 0.2) is 0 Å². The predicted molar refractivity (Wildman–Crippen MR) is 46.2 cm³/mol. The molecule has 3 N–H and O–H groups in total. The van der Waals surface area contributed by atoms with E-state index in [1.165, 1.54) is 0 Å². The second-order valence-corrected chi connectivity index (χ2v) is 4.16. The maximum Gasteiger partial charge on any atom is 0.311 e. The van der Waals surface area contributed by atoms with Gasteiger partial charge in [0.25, 0.3) is 0 Å². The summed E-state index contributed by atoms with van der Waals surface area (Å²) in [4.78, 5) is 11.1. The number of hydrogen-bond acceptors (Lipinski definition) is 3. The molecule has 4 nitrogen and oxygen atoms in total. The third-order valence-electron chi connectivity index (χ3n) is 3.74. The molecule has 1 aliphatic carbocycles. The molecule has 2 aliphatic rings. The molecule has 1 aliphatic heterocycles. The van der Waals surface area contributed by atoms with Crippen molar-refractivity contribution in [2.24, 2.45) is 16.6 Å². The van der Waals surface area contributed by atoms with Crippen LogP contribution in [0.2, 0.25) is 0 Å². The Morgan fingerprint density at radius 1 is 1.46 bits per heavy atom. The number of nitrogens with two attached hydrogens (primary N) is 1. The van der Waals surface area contributed by atoms with Gasteiger partial charge in [-0.1, -0.05) is 0 Å². The summed E-state index contributed by atoms with van der Waals surface area (Å²) in [7, 11) is 0. The minimum absolute atomic E-state index is 0.0359. The van der Waals surface area contributed by atoms with Crippen molar-refractivity contribution in [3.63, 3.8) is 0 Å². The highest BCUT2D eigenvalue weighted by atomic mass is 16.5. The lowest BCUT2D eigenvalue weighted by Gasteiger charge is -2.26. The Kier molecular flexibility index (Phi) is 1.85. The molecule has 0 aromatic carbocycles. The Morgan fingerprint density at radius 2 is 2.08 bits per heavy atom. The highest BCUT2D eigenvalue weighted by Gasteiger charge is 2.70. The van der Waals surface area contributed by atoms with Crippen molar-refractivity contribution >= 4 is 5.97 Å². The summed E-state index contributed by atoms with van der Waals surface area (Å²) in [5.74, 6) is -0.725. The first-order valence-electron chi connectivity index (χ1n) is 4.68. The Morgan fingerprint density at radius 3 is 2.46 bits per heavy atom. The van der Waals surface area contributed by atoms with Crippen LogP contribution in [-0.2, 0) is 9.53 Å². The summed E-state index contributed by atoms with van der Waals surface area (Å²) >= 11 is 0. The number of carboxylic acid groups (broad SMARTS) is 1. The lowest BCUT2D eigenvalue weighted by molar-refractivity contribution is -0.145. The fraction of sp³-hybridized carbons (Fsp3) is 0.889. The van der Waals surface area contributed by atoms with Crippen LogP contribution in [0.15, 0.2) is 0 Å². The van der Waals surface area contributed by atoms with Crippen molar-refractivity contribution in [3.05, 3.63) is 0 Å². The molecule has 0 amide bonds. The van der Waals surface area contributed by atoms with E-state index in [2.05, 4.69) is 0 Å². The van der Waals surface area contributed by atoms with Crippen LogP contribution >= 0.6 is 0 Å². The molecule has 1 heterocycles. The van der Waals surface area contributed by atoms with Crippen LogP contribution in [0.4, 0.5) is 0 Å². The number of carbonyl (C=O) groups is 1. The molecule has 1 spiro atoms. The molecule has 4 heteroatoms. The smallest absolute Gasteiger partial charge is 0.311 e. The highest BCUT2D eigenvalue weighted by Crippen LogP contribution is 2.68. The van der Waals surface area contributed by atoms with E-state index in [0.29, 0.717) is 13.2 Å². The van der Waals surface area contributed by atoms with Crippen LogP contribution in [0.25, 0.3) is 0 Å². The fourth-order valence-electron chi connectivity index (χ4n) is 2.63. The van der Waals surface area contributed by atoms with E-state index < -0.39 is 11.4 Å². The highest BCUT2D eigenvalue weighted by molar-refractivity contribution is 5.80. The Bertz CT molecular complexity index is 235. The molecule has 74 valence electrons. The molecule has 1 saturated heterocycles. The van der Waals surface area contributed by atoms with E-state index >= 15 is 0 Å². The van der Waals surface area contributed by atoms with Gasteiger partial charge in [0.1, 0.15) is 0 Å². The van der Waals surface area contributed by atoms with Crippen molar-refractivity contribution in [2.45, 2.75) is 19.3 Å². The van der Waals surface area contributed by atoms with Crippen LogP contribution in [-0.4, -0.2) is 30.8 Å². The van der Waals surface area contributed by atoms with Crippen molar-refractivity contribution in [2.75, 3.05) is 19.8 Å². The maximum atomic E-state index is 11.1. The molecular weight excluding hydrogens is 170 g/mol. The molecule has 1 saturated carbocycles. The first kappa shape index (κ1) is 8.97. The van der Waals surface area contributed by atoms with Crippen molar-refractivity contribution in [3.8, 4) is 0 Å². The molecule has 2 rings (SSSR count). The third-order valence-corrected chi connectivity index (χ3v) is 3.74. The van der Waals surface area contributed by atoms with Crippen LogP contribution in [0.1, 0.15) is 19.3 Å². The number of aliphatic carboxylic acids is 1. The van der Waals surface area contributed by atoms with Gasteiger partial charge in [0.2, 0.25) is 0 Å². The van der Waals surface area contributed by atoms with Gasteiger partial charge < -0.3 is 15.6 Å². The number of rotatable bonds is 2. The van der Waals surface area contributed by atoms with Crippen molar-refractivity contribution in [1.82, 2.24) is 0 Å². The van der Waals surface area contributed by atoms with Gasteiger partial charge in [-0.05, 0) is 24.7 Å². The average molecular weight is 185 g/mol. The van der Waals surface area contributed by atoms with E-state index in [1.807, 2.05) is 0 Å². The summed E-state index contributed by atoms with van der Waals surface area (Å²) in [6.45, 7) is 1.65. The van der Waals surface area contributed by atoms with Crippen molar-refractivity contribution in [1.29, 1.82) is 0 Å². The van der Waals surface area contributed by atoms with E-state index in [9.17, 15) is 4.79 Å². The lowest BCUT2D eigenvalue weighted by atomic mass is 9.86. The zero-order valence-electron chi connectivity index (χ0n) is 7.58. The fourth-order valence-corrected chi connectivity index (χ4v) is 2.63. The van der Waals surface area contributed by atoms with Crippen LogP contribution < -0.4 is 5.73 Å². The average Bonchev–Trinajstić information content (AvgIpc) is 2.76. The van der Waals surface area contributed by atoms with E-state index in [4.69, 9.17) is 15.6 Å². The van der Waals surface area contributed by atoms with Crippen molar-refractivity contribution < 1.29 is 14.6 Å². The summed E-state index contributed by atoms with van der Waals surface area (Å²) in [6.07, 6.45) is 2.46. The summed E-state index contributed by atoms with van der Waals surface area (Å²) < 4.78 is 5.23. The second-order valence-electron chi connectivity index (χ2n) is 4.16. The van der Waals surface area contributed by atoms with Gasteiger partial charge in [0.05, 0.1) is 5.41 Å². The Labute approximate surface area is 77.1 Å². The zero-order valence-corrected chi connectivity index (χ0v) is 7.58. The molecule has 2 fully saturated rings. The van der Waals surface area contributed by atoms with E-state index in [1.54, 1.807) is 0 Å². The Hall–Kier alpha value is -0.610. The molecule has 1 atom stereocenters. The monoisotopic (exact) mass is 185 g/mol. The summed E-state index contributed by atoms with van der Waals surface area (Å²) in [5.41, 5.74) is 4.89. The summed E-state index contributed by atoms with van der Waals surface area (Å²) in [5, 5.41) is 9.10. The van der Waals surface area contributed by atoms with Crippen LogP contribution in [0.3, 0.4) is 0 Å². The minimum Gasteiger partial charge on any atom is -0.481 e. The third kappa shape index (κ3) is 1.02. The van der Waals surface area contributed by atoms with Gasteiger partial charge in [-0.3, -0.25) is 4.79 Å². The molecule has 0 aromatic heterocycles. The van der Waals surface area contributed by atoms with Gasteiger partial charge in [-0.25, -0.2) is 0 Å². The normalized spacial score (nSPS) is 36.1. The van der Waals surface area contributed by atoms with Crippen LogP contribution in [0.5, 0.6) is 0 Å². The Balaban J connectivity index is 2.15. The topological polar surface area (TPSA) is 72.6 Å². The first-order valence-corrected chi connectivity index (χ1v) is 4.68. The van der Waals surface area contributed by atoms with Gasteiger partial charge in [0, 0.05) is 19.8 Å². The number of carboxylic acids is 1. The largest absolute Gasteiger partial charge is 0.481 e. The van der Waals surface area contributed by atoms with Gasteiger partial charge in [-0.15, -0.1) is 0 Å². The molecular formula is C9H15NO3. The summed E-state index contributed by atoms with van der Waals surface area (Å²) in [6, 6.07) is 0. The van der Waals surface area contributed by atoms with Gasteiger partial charge in [-0.2, -0.15) is 0 Å². The predicted octanol–water partition coefficient (Wildman–Crippen LogP) is 0.217. The quantitative estimate of drug-likeness (QED) is 0.645. The van der Waals surface area contributed by atoms with Crippen LogP contribution in [0, 0.1) is 10.8 Å². The standard InChI is InChI=1S/C9H15NO3/c10-6-9(7(11)12)5-8(9)1-3-13-4-2-8/h1-6,10H2,(H,11,12). The lowest BCUT2D eigenvalue weighted by Crippen LogP contribution is -2.34. The molecule has 0 bridgehead atoms. The molecule has 0 radical (unpaired) electrons. The first-order chi connectivity index (χ1) is 6.17. The molecule has 0 aromatic rings. The minimum atomic E-state index is -0.725. The number of ether oxygens (including phenoxy) is 1. The second kappa shape index (κ2) is 2.69. The van der Waals surface area contributed by atoms with E-state index in [0.717, 1.165) is 19.3 Å². The zero-order chi connectivity index (χ0) is 9.53. The van der Waals surface area contributed by atoms with E-state index in [-0.39, 0.29) is 12.0 Å². The van der Waals surface area contributed by atoms with Gasteiger partial charge >= 0.3 is 5.97 Å². The number of hydrogen-bond donors (Lipinski definition) is 2.